The molecular formula is C20H28N2O5. The van der Waals surface area contributed by atoms with E-state index in [9.17, 15) is 14.4 Å². The van der Waals surface area contributed by atoms with Gasteiger partial charge in [0.05, 0.1) is 13.0 Å². The van der Waals surface area contributed by atoms with Crippen LogP contribution < -0.4 is 10.1 Å². The molecule has 148 valence electrons. The van der Waals surface area contributed by atoms with E-state index in [1.165, 1.54) is 10.5 Å². The molecule has 0 aromatic heterocycles. The van der Waals surface area contributed by atoms with Gasteiger partial charge in [0.15, 0.2) is 6.10 Å². The third-order valence-corrected chi connectivity index (χ3v) is 4.43. The van der Waals surface area contributed by atoms with E-state index in [0.29, 0.717) is 31.9 Å². The molecule has 1 aliphatic rings. The van der Waals surface area contributed by atoms with Crippen LogP contribution in [0.1, 0.15) is 39.2 Å². The maximum absolute atomic E-state index is 12.8. The highest BCUT2D eigenvalue weighted by Crippen LogP contribution is 2.17. The molecule has 1 heterocycles. The standard InChI is InChI=1S/C20H28N2O5/c1-4-12-26-18(23)13-17-19(24)21-10-11-22(17)20(25)14(3)27-16-8-6-15(5-2)7-9-16/h6-9,14,17H,4-5,10-13H2,1-3H3,(H,21,24)/t14-,17+/m0/s1. The molecule has 0 spiro atoms. The Morgan fingerprint density at radius 2 is 1.96 bits per heavy atom. The number of amides is 2. The second-order valence-electron chi connectivity index (χ2n) is 6.52. The lowest BCUT2D eigenvalue weighted by Gasteiger charge is -2.36. The van der Waals surface area contributed by atoms with Gasteiger partial charge >= 0.3 is 5.97 Å². The summed E-state index contributed by atoms with van der Waals surface area (Å²) < 4.78 is 10.8. The van der Waals surface area contributed by atoms with Crippen molar-refractivity contribution in [2.45, 2.75) is 52.2 Å². The lowest BCUT2D eigenvalue weighted by atomic mass is 10.1. The Hall–Kier alpha value is -2.57. The third-order valence-electron chi connectivity index (χ3n) is 4.43. The number of aryl methyl sites for hydroxylation is 1. The first kappa shape index (κ1) is 20.7. The van der Waals surface area contributed by atoms with Crippen LogP contribution in [0.4, 0.5) is 0 Å². The van der Waals surface area contributed by atoms with E-state index in [1.807, 2.05) is 31.2 Å². The quantitative estimate of drug-likeness (QED) is 0.698. The number of benzene rings is 1. The monoisotopic (exact) mass is 376 g/mol. The van der Waals surface area contributed by atoms with E-state index >= 15 is 0 Å². The smallest absolute Gasteiger partial charge is 0.308 e. The van der Waals surface area contributed by atoms with Crippen molar-refractivity contribution in [2.75, 3.05) is 19.7 Å². The predicted octanol–water partition coefficient (Wildman–Crippen LogP) is 1.69. The number of hydrogen-bond acceptors (Lipinski definition) is 5. The van der Waals surface area contributed by atoms with Gasteiger partial charge in [0, 0.05) is 13.1 Å². The normalized spacial score (nSPS) is 17.8. The molecule has 7 nitrogen and oxygen atoms in total. The molecule has 1 aliphatic heterocycles. The van der Waals surface area contributed by atoms with Crippen LogP contribution in [0.15, 0.2) is 24.3 Å². The summed E-state index contributed by atoms with van der Waals surface area (Å²) in [5, 5.41) is 2.70. The summed E-state index contributed by atoms with van der Waals surface area (Å²) >= 11 is 0. The van der Waals surface area contributed by atoms with Gasteiger partial charge < -0.3 is 19.7 Å². The van der Waals surface area contributed by atoms with Crippen LogP contribution in [0.2, 0.25) is 0 Å². The molecule has 2 atom stereocenters. The molecule has 7 heteroatoms. The van der Waals surface area contributed by atoms with Crippen LogP contribution in [-0.4, -0.2) is 54.5 Å². The number of piperazine rings is 1. The molecule has 0 radical (unpaired) electrons. The minimum atomic E-state index is -0.871. The number of nitrogens with zero attached hydrogens (tertiary/aromatic N) is 1. The van der Waals surface area contributed by atoms with Gasteiger partial charge in [-0.3, -0.25) is 14.4 Å². The number of rotatable bonds is 8. The molecule has 1 N–H and O–H groups in total. The molecular weight excluding hydrogens is 348 g/mol. The van der Waals surface area contributed by atoms with Crippen molar-refractivity contribution >= 4 is 17.8 Å². The molecule has 1 aromatic rings. The van der Waals surface area contributed by atoms with Gasteiger partial charge in [-0.25, -0.2) is 0 Å². The highest BCUT2D eigenvalue weighted by Gasteiger charge is 2.37. The summed E-state index contributed by atoms with van der Waals surface area (Å²) in [6, 6.07) is 6.68. The zero-order chi connectivity index (χ0) is 19.8. The summed E-state index contributed by atoms with van der Waals surface area (Å²) in [6.07, 6.45) is 0.702. The van der Waals surface area contributed by atoms with E-state index in [4.69, 9.17) is 9.47 Å². The number of nitrogens with one attached hydrogen (secondary N) is 1. The predicted molar refractivity (Wildman–Crippen MR) is 100 cm³/mol. The van der Waals surface area contributed by atoms with Crippen molar-refractivity contribution in [3.8, 4) is 5.75 Å². The summed E-state index contributed by atoms with van der Waals surface area (Å²) in [5.74, 6) is -0.561. The van der Waals surface area contributed by atoms with Crippen molar-refractivity contribution < 1.29 is 23.9 Å². The Labute approximate surface area is 160 Å². The topological polar surface area (TPSA) is 84.9 Å². The molecule has 1 fully saturated rings. The summed E-state index contributed by atoms with van der Waals surface area (Å²) in [6.45, 7) is 6.59. The Morgan fingerprint density at radius 1 is 1.26 bits per heavy atom. The molecule has 1 aromatic carbocycles. The number of carbonyl (C=O) groups excluding carboxylic acids is 3. The molecule has 2 amide bonds. The largest absolute Gasteiger partial charge is 0.481 e. The number of ether oxygens (including phenoxy) is 2. The number of carbonyl (C=O) groups is 3. The fourth-order valence-corrected chi connectivity index (χ4v) is 2.91. The van der Waals surface area contributed by atoms with Gasteiger partial charge in [-0.15, -0.1) is 0 Å². The van der Waals surface area contributed by atoms with E-state index in [2.05, 4.69) is 12.2 Å². The molecule has 0 aliphatic carbocycles. The SMILES string of the molecule is CCCOC(=O)C[C@@H]1C(=O)NCCN1C(=O)[C@H](C)Oc1ccc(CC)cc1. The molecule has 0 unspecified atom stereocenters. The number of esters is 1. The third kappa shape index (κ3) is 5.70. The van der Waals surface area contributed by atoms with Gasteiger partial charge in [0.25, 0.3) is 5.91 Å². The maximum atomic E-state index is 12.8. The van der Waals surface area contributed by atoms with Gasteiger partial charge in [-0.2, -0.15) is 0 Å². The molecule has 2 rings (SSSR count). The summed E-state index contributed by atoms with van der Waals surface area (Å²) in [5.41, 5.74) is 1.18. The van der Waals surface area contributed by atoms with Crippen molar-refractivity contribution in [3.05, 3.63) is 29.8 Å². The lowest BCUT2D eigenvalue weighted by Crippen LogP contribution is -2.60. The highest BCUT2D eigenvalue weighted by atomic mass is 16.5. The van der Waals surface area contributed by atoms with E-state index < -0.39 is 18.1 Å². The molecule has 0 saturated carbocycles. The first-order valence-corrected chi connectivity index (χ1v) is 9.45. The van der Waals surface area contributed by atoms with Gasteiger partial charge in [0.1, 0.15) is 11.8 Å². The van der Waals surface area contributed by atoms with Crippen LogP contribution >= 0.6 is 0 Å². The summed E-state index contributed by atoms with van der Waals surface area (Å²) in [4.78, 5) is 38.4. The van der Waals surface area contributed by atoms with Gasteiger partial charge in [0.2, 0.25) is 5.91 Å². The maximum Gasteiger partial charge on any atom is 0.308 e. The van der Waals surface area contributed by atoms with E-state index in [1.54, 1.807) is 6.92 Å². The minimum absolute atomic E-state index is 0.157. The van der Waals surface area contributed by atoms with E-state index in [-0.39, 0.29) is 18.2 Å². The van der Waals surface area contributed by atoms with Gasteiger partial charge in [-0.05, 0) is 37.5 Å². The zero-order valence-corrected chi connectivity index (χ0v) is 16.2. The first-order valence-electron chi connectivity index (χ1n) is 9.45. The second-order valence-corrected chi connectivity index (χ2v) is 6.52. The van der Waals surface area contributed by atoms with Crippen molar-refractivity contribution in [1.29, 1.82) is 0 Å². The Kier molecular flexibility index (Phi) is 7.64. The lowest BCUT2D eigenvalue weighted by molar-refractivity contribution is -0.154. The second kappa shape index (κ2) is 9.94. The average molecular weight is 376 g/mol. The fourth-order valence-electron chi connectivity index (χ4n) is 2.91. The van der Waals surface area contributed by atoms with Crippen LogP contribution in [0, 0.1) is 0 Å². The van der Waals surface area contributed by atoms with Crippen molar-refractivity contribution in [1.82, 2.24) is 10.2 Å². The Bertz CT molecular complexity index is 659. The average Bonchev–Trinajstić information content (AvgIpc) is 2.68. The highest BCUT2D eigenvalue weighted by molar-refractivity contribution is 5.93. The Balaban J connectivity index is 2.03. The van der Waals surface area contributed by atoms with Crippen LogP contribution in [-0.2, 0) is 25.5 Å². The zero-order valence-electron chi connectivity index (χ0n) is 16.2. The molecule has 0 bridgehead atoms. The van der Waals surface area contributed by atoms with Crippen LogP contribution in [0.25, 0.3) is 0 Å². The van der Waals surface area contributed by atoms with Crippen molar-refractivity contribution in [2.24, 2.45) is 0 Å². The molecule has 27 heavy (non-hydrogen) atoms. The first-order chi connectivity index (χ1) is 13.0. The fraction of sp³-hybridized carbons (Fsp3) is 0.550. The van der Waals surface area contributed by atoms with E-state index in [0.717, 1.165) is 6.42 Å². The van der Waals surface area contributed by atoms with Crippen LogP contribution in [0.3, 0.4) is 0 Å². The number of hydrogen-bond donors (Lipinski definition) is 1. The Morgan fingerprint density at radius 3 is 2.59 bits per heavy atom. The van der Waals surface area contributed by atoms with Crippen molar-refractivity contribution in [3.63, 3.8) is 0 Å². The minimum Gasteiger partial charge on any atom is -0.481 e. The van der Waals surface area contributed by atoms with Gasteiger partial charge in [-0.1, -0.05) is 26.0 Å². The molecule has 1 saturated heterocycles. The summed E-state index contributed by atoms with van der Waals surface area (Å²) in [7, 11) is 0. The van der Waals surface area contributed by atoms with Crippen LogP contribution in [0.5, 0.6) is 5.75 Å².